The molecule has 0 aliphatic carbocycles. The van der Waals surface area contributed by atoms with Crippen LogP contribution >= 0.6 is 0 Å². The van der Waals surface area contributed by atoms with Crippen LogP contribution in [0.25, 0.3) is 6.08 Å². The number of ether oxygens (including phenoxy) is 4. The number of fused-ring (bicyclic) bond motifs is 1. The number of hydrogen-bond donors (Lipinski definition) is 0. The van der Waals surface area contributed by atoms with Crippen molar-refractivity contribution < 1.29 is 23.7 Å². The Balaban J connectivity index is 1.46. The molecule has 0 spiro atoms. The molecular weight excluding hydrogens is 456 g/mol. The van der Waals surface area contributed by atoms with Gasteiger partial charge < -0.3 is 28.7 Å². The summed E-state index contributed by atoms with van der Waals surface area (Å²) in [5.74, 6) is 3.13. The molecule has 0 radical (unpaired) electrons. The van der Waals surface area contributed by atoms with Crippen LogP contribution in [0.2, 0.25) is 0 Å². The molecule has 0 saturated carbocycles. The van der Waals surface area contributed by atoms with Gasteiger partial charge in [0.25, 0.3) is 0 Å². The summed E-state index contributed by atoms with van der Waals surface area (Å²) in [6.07, 6.45) is 6.08. The second kappa shape index (κ2) is 12.7. The van der Waals surface area contributed by atoms with Crippen LogP contribution in [-0.2, 0) is 11.2 Å². The molecule has 1 aliphatic heterocycles. The van der Waals surface area contributed by atoms with Crippen LogP contribution in [0.3, 0.4) is 0 Å². The highest BCUT2D eigenvalue weighted by Crippen LogP contribution is 2.33. The average Bonchev–Trinajstić information content (AvgIpc) is 3.32. The smallest absolute Gasteiger partial charge is 0.231 e. The van der Waals surface area contributed by atoms with Crippen LogP contribution in [0, 0.1) is 0 Å². The molecule has 7 nitrogen and oxygen atoms in total. The summed E-state index contributed by atoms with van der Waals surface area (Å²) in [6.45, 7) is 9.10. The van der Waals surface area contributed by atoms with Gasteiger partial charge in [0.05, 0.1) is 14.2 Å². The molecule has 0 unspecified atom stereocenters. The average molecular weight is 497 g/mol. The maximum Gasteiger partial charge on any atom is 0.231 e. The maximum atomic E-state index is 13.1. The number of carbonyl (C=O) groups excluding carboxylic acids is 1. The monoisotopic (exact) mass is 496 g/mol. The molecule has 2 aromatic rings. The number of carbonyl (C=O) groups is 1. The minimum Gasteiger partial charge on any atom is -0.493 e. The van der Waals surface area contributed by atoms with Gasteiger partial charge in [-0.2, -0.15) is 0 Å². The SMILES string of the molecule is COc1ccc(CCN(C)CCCN(C(=O)C/C=C/c2ccc3c(c2)OCO3)C(C)(C)C)cc1OC. The van der Waals surface area contributed by atoms with Crippen molar-refractivity contribution in [1.82, 2.24) is 9.80 Å². The summed E-state index contributed by atoms with van der Waals surface area (Å²) in [7, 11) is 5.42. The Bertz CT molecular complexity index is 1040. The van der Waals surface area contributed by atoms with Crippen molar-refractivity contribution in [1.29, 1.82) is 0 Å². The van der Waals surface area contributed by atoms with E-state index in [0.717, 1.165) is 61.0 Å². The quantitative estimate of drug-likeness (QED) is 0.411. The van der Waals surface area contributed by atoms with Crippen LogP contribution in [0.4, 0.5) is 0 Å². The molecule has 0 fully saturated rings. The van der Waals surface area contributed by atoms with E-state index in [9.17, 15) is 4.79 Å². The molecule has 2 aromatic carbocycles. The lowest BCUT2D eigenvalue weighted by Crippen LogP contribution is -2.46. The van der Waals surface area contributed by atoms with E-state index in [2.05, 4.69) is 38.8 Å². The van der Waals surface area contributed by atoms with Crippen molar-refractivity contribution in [2.24, 2.45) is 0 Å². The van der Waals surface area contributed by atoms with Crippen molar-refractivity contribution in [3.63, 3.8) is 0 Å². The summed E-state index contributed by atoms with van der Waals surface area (Å²) >= 11 is 0. The van der Waals surface area contributed by atoms with Crippen molar-refractivity contribution in [3.8, 4) is 23.0 Å². The molecule has 36 heavy (non-hydrogen) atoms. The predicted molar refractivity (Wildman–Crippen MR) is 143 cm³/mol. The Labute approximate surface area is 215 Å². The van der Waals surface area contributed by atoms with Gasteiger partial charge in [-0.3, -0.25) is 4.79 Å². The highest BCUT2D eigenvalue weighted by atomic mass is 16.7. The zero-order valence-corrected chi connectivity index (χ0v) is 22.5. The van der Waals surface area contributed by atoms with Gasteiger partial charge in [0.1, 0.15) is 0 Å². The first-order valence-corrected chi connectivity index (χ1v) is 12.5. The molecule has 3 rings (SSSR count). The summed E-state index contributed by atoms with van der Waals surface area (Å²) in [5.41, 5.74) is 1.97. The van der Waals surface area contributed by atoms with Gasteiger partial charge >= 0.3 is 0 Å². The van der Waals surface area contributed by atoms with Crippen molar-refractivity contribution in [3.05, 3.63) is 53.6 Å². The van der Waals surface area contributed by atoms with E-state index in [1.54, 1.807) is 14.2 Å². The number of amides is 1. The molecule has 7 heteroatoms. The lowest BCUT2D eigenvalue weighted by Gasteiger charge is -2.36. The standard InChI is InChI=1S/C29H40N2O5/c1-29(2,3)31(28(32)10-7-9-22-12-14-25-27(20-22)36-21-35-25)17-8-16-30(4)18-15-23-11-13-24(33-5)26(19-23)34-6/h7,9,11-14,19-20H,8,10,15-18,21H2,1-6H3/b9-7+. The van der Waals surface area contributed by atoms with Gasteiger partial charge in [0.2, 0.25) is 12.7 Å². The van der Waals surface area contributed by atoms with E-state index in [-0.39, 0.29) is 18.2 Å². The fraction of sp³-hybridized carbons (Fsp3) is 0.483. The predicted octanol–water partition coefficient (Wildman–Crippen LogP) is 5.03. The minimum atomic E-state index is -0.234. The minimum absolute atomic E-state index is 0.132. The van der Waals surface area contributed by atoms with Crippen molar-refractivity contribution in [2.75, 3.05) is 47.7 Å². The van der Waals surface area contributed by atoms with Gasteiger partial charge in [0, 0.05) is 25.0 Å². The molecule has 0 saturated heterocycles. The maximum absolute atomic E-state index is 13.1. The third kappa shape index (κ3) is 7.65. The number of methoxy groups -OCH3 is 2. The molecule has 196 valence electrons. The van der Waals surface area contributed by atoms with Crippen LogP contribution < -0.4 is 18.9 Å². The fourth-order valence-electron chi connectivity index (χ4n) is 4.22. The largest absolute Gasteiger partial charge is 0.493 e. The molecule has 1 amide bonds. The molecule has 0 bridgehead atoms. The summed E-state index contributed by atoms with van der Waals surface area (Å²) in [5, 5.41) is 0. The van der Waals surface area contributed by atoms with Crippen molar-refractivity contribution >= 4 is 12.0 Å². The first-order chi connectivity index (χ1) is 17.2. The lowest BCUT2D eigenvalue weighted by atomic mass is 10.0. The fourth-order valence-corrected chi connectivity index (χ4v) is 4.22. The molecule has 0 aromatic heterocycles. The summed E-state index contributed by atoms with van der Waals surface area (Å²) in [4.78, 5) is 17.4. The highest BCUT2D eigenvalue weighted by molar-refractivity contribution is 5.79. The first-order valence-electron chi connectivity index (χ1n) is 12.5. The Morgan fingerprint density at radius 2 is 1.72 bits per heavy atom. The van der Waals surface area contributed by atoms with Gasteiger partial charge in [0.15, 0.2) is 23.0 Å². The first kappa shape index (κ1) is 27.4. The number of benzene rings is 2. The third-order valence-electron chi connectivity index (χ3n) is 6.26. The highest BCUT2D eigenvalue weighted by Gasteiger charge is 2.25. The second-order valence-electron chi connectivity index (χ2n) is 10.0. The van der Waals surface area contributed by atoms with Gasteiger partial charge in [-0.1, -0.05) is 24.3 Å². The molecular formula is C29H40N2O5. The van der Waals surface area contributed by atoms with Crippen LogP contribution in [0.15, 0.2) is 42.5 Å². The van der Waals surface area contributed by atoms with Gasteiger partial charge in [-0.05, 0) is 82.6 Å². The number of hydrogen-bond acceptors (Lipinski definition) is 6. The second-order valence-corrected chi connectivity index (χ2v) is 10.0. The van der Waals surface area contributed by atoms with E-state index >= 15 is 0 Å². The lowest BCUT2D eigenvalue weighted by molar-refractivity contribution is -0.135. The summed E-state index contributed by atoms with van der Waals surface area (Å²) < 4.78 is 21.5. The number of likely N-dealkylation sites (N-methyl/N-ethyl adjacent to an activating group) is 1. The Kier molecular flexibility index (Phi) is 9.65. The van der Waals surface area contributed by atoms with E-state index in [0.29, 0.717) is 6.42 Å². The van der Waals surface area contributed by atoms with Gasteiger partial charge in [-0.15, -0.1) is 0 Å². The Hall–Kier alpha value is -3.19. The van der Waals surface area contributed by atoms with E-state index < -0.39 is 0 Å². The third-order valence-corrected chi connectivity index (χ3v) is 6.26. The Morgan fingerprint density at radius 3 is 2.44 bits per heavy atom. The Morgan fingerprint density at radius 1 is 0.972 bits per heavy atom. The van der Waals surface area contributed by atoms with Crippen LogP contribution in [0.1, 0.15) is 44.7 Å². The zero-order valence-electron chi connectivity index (χ0n) is 22.5. The number of rotatable bonds is 12. The molecule has 0 atom stereocenters. The van der Waals surface area contributed by atoms with E-state index in [1.807, 2.05) is 47.4 Å². The molecule has 1 aliphatic rings. The molecule has 1 heterocycles. The normalized spacial score (nSPS) is 12.9. The summed E-state index contributed by atoms with van der Waals surface area (Å²) in [6, 6.07) is 11.8. The van der Waals surface area contributed by atoms with Gasteiger partial charge in [-0.25, -0.2) is 0 Å². The topological polar surface area (TPSA) is 60.5 Å². The van der Waals surface area contributed by atoms with E-state index in [4.69, 9.17) is 18.9 Å². The zero-order chi connectivity index (χ0) is 26.1. The van der Waals surface area contributed by atoms with Crippen LogP contribution in [-0.4, -0.2) is 68.9 Å². The molecule has 0 N–H and O–H groups in total. The van der Waals surface area contributed by atoms with E-state index in [1.165, 1.54) is 5.56 Å². The van der Waals surface area contributed by atoms with Crippen LogP contribution in [0.5, 0.6) is 23.0 Å². The number of nitrogens with zero attached hydrogens (tertiary/aromatic N) is 2. The van der Waals surface area contributed by atoms with Crippen molar-refractivity contribution in [2.45, 2.75) is 45.6 Å².